The van der Waals surface area contributed by atoms with Gasteiger partial charge in [-0.15, -0.1) is 0 Å². The minimum Gasteiger partial charge on any atom is -0.444 e. The van der Waals surface area contributed by atoms with E-state index in [0.29, 0.717) is 19.7 Å². The Bertz CT molecular complexity index is 906. The Hall–Kier alpha value is -2.86. The lowest BCUT2D eigenvalue weighted by atomic mass is 9.94. The van der Waals surface area contributed by atoms with E-state index in [0.717, 1.165) is 11.1 Å². The number of nitrogens with zero attached hydrogens (tertiary/aromatic N) is 2. The van der Waals surface area contributed by atoms with Crippen molar-refractivity contribution >= 4 is 12.0 Å². The Balaban J connectivity index is 1.82. The fourth-order valence-corrected chi connectivity index (χ4v) is 4.00. The minimum absolute atomic E-state index is 0.0989. The van der Waals surface area contributed by atoms with Crippen molar-refractivity contribution in [2.75, 3.05) is 13.2 Å². The number of benzene rings is 2. The molecule has 1 aliphatic rings. The molecule has 1 atom stereocenters. The number of ether oxygens (including phenoxy) is 2. The van der Waals surface area contributed by atoms with Crippen molar-refractivity contribution < 1.29 is 19.1 Å². The monoisotopic (exact) mass is 438 g/mol. The van der Waals surface area contributed by atoms with Crippen LogP contribution in [0.1, 0.15) is 45.7 Å². The SMILES string of the molecule is CC(C)(C)OC(=O)N1C(COCc2ccccc2)C(=O)N(Cc2ccccc2)CC1(C)C. The van der Waals surface area contributed by atoms with Crippen LogP contribution in [0.4, 0.5) is 4.79 Å². The molecule has 6 nitrogen and oxygen atoms in total. The summed E-state index contributed by atoms with van der Waals surface area (Å²) in [6, 6.07) is 18.9. The zero-order chi connectivity index (χ0) is 23.4. The highest BCUT2D eigenvalue weighted by molar-refractivity contribution is 5.88. The van der Waals surface area contributed by atoms with Crippen molar-refractivity contribution in [1.82, 2.24) is 9.80 Å². The van der Waals surface area contributed by atoms with Gasteiger partial charge in [0.1, 0.15) is 11.6 Å². The maximum atomic E-state index is 13.5. The van der Waals surface area contributed by atoms with E-state index in [1.54, 1.807) is 4.90 Å². The van der Waals surface area contributed by atoms with Crippen LogP contribution in [0.15, 0.2) is 60.7 Å². The average molecular weight is 439 g/mol. The van der Waals surface area contributed by atoms with Crippen LogP contribution in [-0.4, -0.2) is 52.1 Å². The van der Waals surface area contributed by atoms with Crippen molar-refractivity contribution in [3.8, 4) is 0 Å². The molecule has 6 heteroatoms. The molecule has 2 aromatic carbocycles. The molecule has 1 fully saturated rings. The number of rotatable bonds is 6. The summed E-state index contributed by atoms with van der Waals surface area (Å²) in [4.78, 5) is 30.1. The molecular formula is C26H34N2O4. The van der Waals surface area contributed by atoms with Gasteiger partial charge >= 0.3 is 6.09 Å². The highest BCUT2D eigenvalue weighted by atomic mass is 16.6. The van der Waals surface area contributed by atoms with E-state index in [9.17, 15) is 9.59 Å². The maximum absolute atomic E-state index is 13.5. The number of carbonyl (C=O) groups is 2. The molecule has 0 spiro atoms. The van der Waals surface area contributed by atoms with Crippen LogP contribution in [0.3, 0.4) is 0 Å². The fraction of sp³-hybridized carbons (Fsp3) is 0.462. The Kier molecular flexibility index (Phi) is 7.24. The van der Waals surface area contributed by atoms with Crippen molar-refractivity contribution in [3.05, 3.63) is 71.8 Å². The molecule has 0 saturated carbocycles. The number of carbonyl (C=O) groups excluding carboxylic acids is 2. The average Bonchev–Trinajstić information content (AvgIpc) is 2.71. The van der Waals surface area contributed by atoms with E-state index in [1.807, 2.05) is 100 Å². The Morgan fingerprint density at radius 2 is 1.56 bits per heavy atom. The first-order chi connectivity index (χ1) is 15.1. The van der Waals surface area contributed by atoms with E-state index in [1.165, 1.54) is 0 Å². The molecule has 0 radical (unpaired) electrons. The maximum Gasteiger partial charge on any atom is 0.411 e. The summed E-state index contributed by atoms with van der Waals surface area (Å²) >= 11 is 0. The van der Waals surface area contributed by atoms with Crippen LogP contribution in [0.25, 0.3) is 0 Å². The van der Waals surface area contributed by atoms with Crippen LogP contribution in [-0.2, 0) is 27.4 Å². The molecule has 32 heavy (non-hydrogen) atoms. The molecule has 0 aromatic heterocycles. The predicted octanol–water partition coefficient (Wildman–Crippen LogP) is 4.63. The third kappa shape index (κ3) is 6.10. The van der Waals surface area contributed by atoms with Crippen LogP contribution >= 0.6 is 0 Å². The van der Waals surface area contributed by atoms with Crippen molar-refractivity contribution in [2.24, 2.45) is 0 Å². The zero-order valence-electron chi connectivity index (χ0n) is 19.7. The predicted molar refractivity (Wildman–Crippen MR) is 124 cm³/mol. The van der Waals surface area contributed by atoms with Crippen molar-refractivity contribution in [3.63, 3.8) is 0 Å². The van der Waals surface area contributed by atoms with E-state index in [-0.39, 0.29) is 12.5 Å². The number of amides is 2. The summed E-state index contributed by atoms with van der Waals surface area (Å²) in [6.45, 7) is 10.8. The number of hydrogen-bond acceptors (Lipinski definition) is 4. The van der Waals surface area contributed by atoms with Gasteiger partial charge < -0.3 is 14.4 Å². The van der Waals surface area contributed by atoms with Gasteiger partial charge in [0.05, 0.1) is 18.8 Å². The van der Waals surface area contributed by atoms with Crippen LogP contribution < -0.4 is 0 Å². The molecule has 3 rings (SSSR count). The van der Waals surface area contributed by atoms with Gasteiger partial charge in [-0.25, -0.2) is 4.79 Å². The first kappa shape index (κ1) is 23.8. The second kappa shape index (κ2) is 9.74. The molecule has 0 bridgehead atoms. The van der Waals surface area contributed by atoms with Gasteiger partial charge in [0, 0.05) is 13.1 Å². The lowest BCUT2D eigenvalue weighted by Crippen LogP contribution is -2.69. The summed E-state index contributed by atoms with van der Waals surface area (Å²) in [5.41, 5.74) is 0.782. The lowest BCUT2D eigenvalue weighted by molar-refractivity contribution is -0.154. The highest BCUT2D eigenvalue weighted by Gasteiger charge is 2.49. The third-order valence-electron chi connectivity index (χ3n) is 5.33. The molecule has 1 unspecified atom stereocenters. The quantitative estimate of drug-likeness (QED) is 0.660. The van der Waals surface area contributed by atoms with Gasteiger partial charge in [0.25, 0.3) is 0 Å². The zero-order valence-corrected chi connectivity index (χ0v) is 19.7. The lowest BCUT2D eigenvalue weighted by Gasteiger charge is -2.50. The minimum atomic E-state index is -0.763. The topological polar surface area (TPSA) is 59.1 Å². The largest absolute Gasteiger partial charge is 0.444 e. The molecule has 2 aromatic rings. The summed E-state index contributed by atoms with van der Waals surface area (Å²) < 4.78 is 11.6. The first-order valence-electron chi connectivity index (χ1n) is 11.0. The number of hydrogen-bond donors (Lipinski definition) is 0. The Labute approximate surface area is 191 Å². The molecule has 1 saturated heterocycles. The third-order valence-corrected chi connectivity index (χ3v) is 5.33. The van der Waals surface area contributed by atoms with Gasteiger partial charge in [-0.2, -0.15) is 0 Å². The van der Waals surface area contributed by atoms with Crippen LogP contribution in [0.5, 0.6) is 0 Å². The summed E-state index contributed by atoms with van der Waals surface area (Å²) in [6.07, 6.45) is -0.497. The van der Waals surface area contributed by atoms with Crippen molar-refractivity contribution in [1.29, 1.82) is 0 Å². The summed E-state index contributed by atoms with van der Waals surface area (Å²) in [7, 11) is 0. The molecule has 0 aliphatic carbocycles. The van der Waals surface area contributed by atoms with Crippen molar-refractivity contribution in [2.45, 2.75) is 65.0 Å². The summed E-state index contributed by atoms with van der Waals surface area (Å²) in [5.74, 6) is -0.132. The molecular weight excluding hydrogens is 404 g/mol. The molecule has 1 aliphatic heterocycles. The number of piperazine rings is 1. The standard InChI is InChI=1S/C26H34N2O4/c1-25(2,3)32-24(30)28-22(18-31-17-21-14-10-7-11-15-21)23(29)27(19-26(28,4)5)16-20-12-8-6-9-13-20/h6-15,22H,16-19H2,1-5H3. The molecule has 172 valence electrons. The van der Waals surface area contributed by atoms with E-state index in [2.05, 4.69) is 0 Å². The van der Waals surface area contributed by atoms with E-state index >= 15 is 0 Å². The van der Waals surface area contributed by atoms with Gasteiger partial charge in [-0.05, 0) is 45.7 Å². The van der Waals surface area contributed by atoms with Crippen LogP contribution in [0, 0.1) is 0 Å². The van der Waals surface area contributed by atoms with Gasteiger partial charge in [-0.1, -0.05) is 60.7 Å². The second-order valence-corrected chi connectivity index (χ2v) is 9.86. The molecule has 1 heterocycles. The molecule has 0 N–H and O–H groups in total. The fourth-order valence-electron chi connectivity index (χ4n) is 4.00. The Morgan fingerprint density at radius 1 is 1.00 bits per heavy atom. The smallest absolute Gasteiger partial charge is 0.411 e. The van der Waals surface area contributed by atoms with E-state index in [4.69, 9.17) is 9.47 Å². The normalized spacial score (nSPS) is 18.5. The molecule has 2 amide bonds. The van der Waals surface area contributed by atoms with Gasteiger partial charge in [0.15, 0.2) is 0 Å². The first-order valence-corrected chi connectivity index (χ1v) is 11.0. The van der Waals surface area contributed by atoms with Crippen LogP contribution in [0.2, 0.25) is 0 Å². The highest BCUT2D eigenvalue weighted by Crippen LogP contribution is 2.30. The van der Waals surface area contributed by atoms with Gasteiger partial charge in [0.2, 0.25) is 5.91 Å². The van der Waals surface area contributed by atoms with E-state index < -0.39 is 23.3 Å². The van der Waals surface area contributed by atoms with Gasteiger partial charge in [-0.3, -0.25) is 9.69 Å². The Morgan fingerprint density at radius 3 is 2.12 bits per heavy atom. The second-order valence-electron chi connectivity index (χ2n) is 9.86. The summed E-state index contributed by atoms with van der Waals surface area (Å²) in [5, 5.41) is 0.